The molecular weight excluding hydrogens is 334 g/mol. The first kappa shape index (κ1) is 12.4. The van der Waals surface area contributed by atoms with E-state index in [4.69, 9.17) is 4.74 Å². The summed E-state index contributed by atoms with van der Waals surface area (Å²) < 4.78 is 7.79. The topological polar surface area (TPSA) is 22.1 Å². The molecule has 0 aliphatic heterocycles. The van der Waals surface area contributed by atoms with Crippen molar-refractivity contribution < 1.29 is 4.74 Å². The SMILES string of the molecule is CC1CCC(Oc2ncc(Br)cc2Br)CC1. The van der Waals surface area contributed by atoms with Crippen LogP contribution >= 0.6 is 31.9 Å². The van der Waals surface area contributed by atoms with Crippen molar-refractivity contribution >= 4 is 31.9 Å². The highest BCUT2D eigenvalue weighted by Crippen LogP contribution is 2.30. The fourth-order valence-corrected chi connectivity index (χ4v) is 3.07. The van der Waals surface area contributed by atoms with Crippen LogP contribution in [0.1, 0.15) is 32.6 Å². The molecule has 0 aromatic carbocycles. The summed E-state index contributed by atoms with van der Waals surface area (Å²) in [7, 11) is 0. The lowest BCUT2D eigenvalue weighted by Gasteiger charge is -2.26. The van der Waals surface area contributed by atoms with Crippen LogP contribution in [0.5, 0.6) is 5.88 Å². The van der Waals surface area contributed by atoms with E-state index in [9.17, 15) is 0 Å². The van der Waals surface area contributed by atoms with Gasteiger partial charge < -0.3 is 4.74 Å². The molecule has 2 nitrogen and oxygen atoms in total. The van der Waals surface area contributed by atoms with Crippen molar-refractivity contribution in [2.75, 3.05) is 0 Å². The van der Waals surface area contributed by atoms with Gasteiger partial charge in [0.05, 0.1) is 4.47 Å². The predicted molar refractivity (Wildman–Crippen MR) is 71.7 cm³/mol. The monoisotopic (exact) mass is 347 g/mol. The van der Waals surface area contributed by atoms with Gasteiger partial charge in [-0.05, 0) is 69.5 Å². The third kappa shape index (κ3) is 3.20. The average molecular weight is 349 g/mol. The fraction of sp³-hybridized carbons (Fsp3) is 0.583. The lowest BCUT2D eigenvalue weighted by Crippen LogP contribution is -2.23. The zero-order valence-electron chi connectivity index (χ0n) is 9.25. The Morgan fingerprint density at radius 2 is 1.94 bits per heavy atom. The van der Waals surface area contributed by atoms with E-state index in [2.05, 4.69) is 43.8 Å². The van der Waals surface area contributed by atoms with Crippen molar-refractivity contribution in [1.29, 1.82) is 0 Å². The molecule has 1 aromatic rings. The maximum Gasteiger partial charge on any atom is 0.228 e. The molecule has 0 N–H and O–H groups in total. The standard InChI is InChI=1S/C12H15Br2NO/c1-8-2-4-10(5-3-8)16-12-11(14)6-9(13)7-15-12/h6-8,10H,2-5H2,1H3. The molecule has 0 spiro atoms. The smallest absolute Gasteiger partial charge is 0.228 e. The van der Waals surface area contributed by atoms with E-state index in [0.717, 1.165) is 27.7 Å². The Balaban J connectivity index is 1.98. The van der Waals surface area contributed by atoms with E-state index < -0.39 is 0 Å². The molecule has 0 bridgehead atoms. The second-order valence-electron chi connectivity index (χ2n) is 4.44. The quantitative estimate of drug-likeness (QED) is 0.781. The highest BCUT2D eigenvalue weighted by Gasteiger charge is 2.20. The van der Waals surface area contributed by atoms with Crippen molar-refractivity contribution in [2.24, 2.45) is 5.92 Å². The molecule has 1 saturated carbocycles. The van der Waals surface area contributed by atoms with E-state index in [1.165, 1.54) is 12.8 Å². The van der Waals surface area contributed by atoms with Gasteiger partial charge in [-0.1, -0.05) is 6.92 Å². The number of pyridine rings is 1. The number of hydrogen-bond acceptors (Lipinski definition) is 2. The molecule has 16 heavy (non-hydrogen) atoms. The van der Waals surface area contributed by atoms with Crippen LogP contribution in [0.15, 0.2) is 21.2 Å². The van der Waals surface area contributed by atoms with Crippen molar-refractivity contribution in [1.82, 2.24) is 4.98 Å². The van der Waals surface area contributed by atoms with Gasteiger partial charge in [0.2, 0.25) is 5.88 Å². The lowest BCUT2D eigenvalue weighted by atomic mass is 9.89. The fourth-order valence-electron chi connectivity index (χ4n) is 1.99. The van der Waals surface area contributed by atoms with Gasteiger partial charge in [0, 0.05) is 10.7 Å². The maximum absolute atomic E-state index is 5.91. The summed E-state index contributed by atoms with van der Waals surface area (Å²) in [6.45, 7) is 2.31. The Hall–Kier alpha value is -0.0900. The van der Waals surface area contributed by atoms with Crippen LogP contribution in [0.3, 0.4) is 0 Å². The van der Waals surface area contributed by atoms with Crippen molar-refractivity contribution in [2.45, 2.75) is 38.7 Å². The highest BCUT2D eigenvalue weighted by atomic mass is 79.9. The first-order chi connectivity index (χ1) is 7.65. The second kappa shape index (κ2) is 5.50. The Labute approximate surface area is 113 Å². The molecule has 1 heterocycles. The van der Waals surface area contributed by atoms with Crippen LogP contribution in [0.4, 0.5) is 0 Å². The van der Waals surface area contributed by atoms with Gasteiger partial charge >= 0.3 is 0 Å². The van der Waals surface area contributed by atoms with E-state index >= 15 is 0 Å². The molecule has 1 aliphatic rings. The van der Waals surface area contributed by atoms with Gasteiger partial charge in [0.1, 0.15) is 6.10 Å². The number of hydrogen-bond donors (Lipinski definition) is 0. The molecule has 2 rings (SSSR count). The van der Waals surface area contributed by atoms with Gasteiger partial charge in [0.15, 0.2) is 0 Å². The molecule has 0 saturated heterocycles. The Bertz CT molecular complexity index is 362. The zero-order chi connectivity index (χ0) is 11.5. The Morgan fingerprint density at radius 3 is 2.56 bits per heavy atom. The van der Waals surface area contributed by atoms with Gasteiger partial charge in [-0.25, -0.2) is 4.98 Å². The first-order valence-electron chi connectivity index (χ1n) is 5.63. The van der Waals surface area contributed by atoms with E-state index in [1.807, 2.05) is 6.07 Å². The van der Waals surface area contributed by atoms with Crippen LogP contribution < -0.4 is 4.74 Å². The summed E-state index contributed by atoms with van der Waals surface area (Å²) in [4.78, 5) is 4.27. The Kier molecular flexibility index (Phi) is 4.25. The molecule has 1 aliphatic carbocycles. The molecule has 0 amide bonds. The largest absolute Gasteiger partial charge is 0.474 e. The van der Waals surface area contributed by atoms with Crippen LogP contribution in [0, 0.1) is 5.92 Å². The van der Waals surface area contributed by atoms with Gasteiger partial charge in [-0.2, -0.15) is 0 Å². The minimum absolute atomic E-state index is 0.334. The van der Waals surface area contributed by atoms with E-state index in [1.54, 1.807) is 6.20 Å². The molecule has 0 unspecified atom stereocenters. The summed E-state index contributed by atoms with van der Waals surface area (Å²) in [5, 5.41) is 0. The molecule has 1 aromatic heterocycles. The van der Waals surface area contributed by atoms with Crippen molar-refractivity contribution in [3.63, 3.8) is 0 Å². The first-order valence-corrected chi connectivity index (χ1v) is 7.21. The third-order valence-corrected chi connectivity index (χ3v) is 4.02. The van der Waals surface area contributed by atoms with E-state index in [0.29, 0.717) is 12.0 Å². The zero-order valence-corrected chi connectivity index (χ0v) is 12.4. The van der Waals surface area contributed by atoms with Gasteiger partial charge in [-0.3, -0.25) is 0 Å². The van der Waals surface area contributed by atoms with Gasteiger partial charge in [-0.15, -0.1) is 0 Å². The normalized spacial score (nSPS) is 25.4. The molecule has 1 fully saturated rings. The number of halogens is 2. The molecule has 0 radical (unpaired) electrons. The highest BCUT2D eigenvalue weighted by molar-refractivity contribution is 9.11. The summed E-state index contributed by atoms with van der Waals surface area (Å²) in [6, 6.07) is 1.97. The van der Waals surface area contributed by atoms with Gasteiger partial charge in [0.25, 0.3) is 0 Å². The number of rotatable bonds is 2. The summed E-state index contributed by atoms with van der Waals surface area (Å²) in [5.74, 6) is 1.56. The average Bonchev–Trinajstić information content (AvgIpc) is 2.25. The number of ether oxygens (including phenoxy) is 1. The minimum Gasteiger partial charge on any atom is -0.474 e. The number of nitrogens with zero attached hydrogens (tertiary/aromatic N) is 1. The Morgan fingerprint density at radius 1 is 1.25 bits per heavy atom. The third-order valence-electron chi connectivity index (χ3n) is 3.02. The minimum atomic E-state index is 0.334. The molecular formula is C12H15Br2NO. The van der Waals surface area contributed by atoms with Crippen LogP contribution in [-0.4, -0.2) is 11.1 Å². The van der Waals surface area contributed by atoms with Crippen molar-refractivity contribution in [3.05, 3.63) is 21.2 Å². The van der Waals surface area contributed by atoms with Crippen LogP contribution in [-0.2, 0) is 0 Å². The second-order valence-corrected chi connectivity index (χ2v) is 6.21. The molecule has 0 atom stereocenters. The summed E-state index contributed by atoms with van der Waals surface area (Å²) in [6.07, 6.45) is 6.92. The maximum atomic E-state index is 5.91. The van der Waals surface area contributed by atoms with Crippen LogP contribution in [0.2, 0.25) is 0 Å². The summed E-state index contributed by atoms with van der Waals surface area (Å²) >= 11 is 6.85. The lowest BCUT2D eigenvalue weighted by molar-refractivity contribution is 0.129. The van der Waals surface area contributed by atoms with Crippen molar-refractivity contribution in [3.8, 4) is 5.88 Å². The van der Waals surface area contributed by atoms with Crippen LogP contribution in [0.25, 0.3) is 0 Å². The molecule has 4 heteroatoms. The predicted octanol–water partition coefficient (Wildman–Crippen LogP) is 4.56. The number of aromatic nitrogens is 1. The summed E-state index contributed by atoms with van der Waals surface area (Å²) in [5.41, 5.74) is 0. The molecule has 88 valence electrons. The van der Waals surface area contributed by atoms with E-state index in [-0.39, 0.29) is 0 Å².